The molecule has 17 heteroatoms. The van der Waals surface area contributed by atoms with E-state index in [0.717, 1.165) is 12.1 Å². The van der Waals surface area contributed by atoms with Crippen molar-refractivity contribution in [1.29, 1.82) is 0 Å². The topological polar surface area (TPSA) is 233 Å². The standard InChI is InChI=1S/C30H51BFN7O8/c1-21(18-27(41)36-14-11-34-10-8-33)26(40)7-4-22(29(43)38-9-3-17-47-2)19-28(42)37-15-12-35-13-16-39-30(44)24-6-5-23(31(45)46)20-25(24)32/h5-6,20-22,34-35,45-46H,3-4,7-19,33H2,1-2H3,(H,36,41)(H,37,42)(H,38,43)(H,39,44). The van der Waals surface area contributed by atoms with Crippen molar-refractivity contribution in [2.24, 2.45) is 17.6 Å². The quantitative estimate of drug-likeness (QED) is 0.0360. The van der Waals surface area contributed by atoms with Gasteiger partial charge in [0.1, 0.15) is 11.6 Å². The third-order valence-electron chi connectivity index (χ3n) is 7.10. The summed E-state index contributed by atoms with van der Waals surface area (Å²) in [7, 11) is -0.288. The van der Waals surface area contributed by atoms with Crippen molar-refractivity contribution in [3.8, 4) is 0 Å². The molecule has 1 aromatic carbocycles. The van der Waals surface area contributed by atoms with Gasteiger partial charge in [-0.25, -0.2) is 4.39 Å². The van der Waals surface area contributed by atoms with Gasteiger partial charge in [0, 0.05) is 104 Å². The number of rotatable bonds is 26. The van der Waals surface area contributed by atoms with E-state index in [-0.39, 0.29) is 73.3 Å². The van der Waals surface area contributed by atoms with E-state index in [2.05, 4.69) is 31.9 Å². The zero-order chi connectivity index (χ0) is 35.0. The zero-order valence-corrected chi connectivity index (χ0v) is 27.4. The van der Waals surface area contributed by atoms with E-state index in [1.807, 2.05) is 0 Å². The van der Waals surface area contributed by atoms with E-state index in [4.69, 9.17) is 20.5 Å². The molecule has 4 amide bonds. The second-order valence-corrected chi connectivity index (χ2v) is 11.0. The van der Waals surface area contributed by atoms with Gasteiger partial charge in [0.25, 0.3) is 5.91 Å². The van der Waals surface area contributed by atoms with E-state index in [1.165, 1.54) is 6.07 Å². The molecule has 47 heavy (non-hydrogen) atoms. The Balaban J connectivity index is 2.46. The van der Waals surface area contributed by atoms with E-state index >= 15 is 0 Å². The Morgan fingerprint density at radius 2 is 1.49 bits per heavy atom. The minimum atomic E-state index is -1.84. The van der Waals surface area contributed by atoms with Gasteiger partial charge in [-0.1, -0.05) is 13.0 Å². The van der Waals surface area contributed by atoms with Crippen LogP contribution in [0.3, 0.4) is 0 Å². The van der Waals surface area contributed by atoms with Gasteiger partial charge in [-0.2, -0.15) is 0 Å². The molecule has 0 radical (unpaired) electrons. The van der Waals surface area contributed by atoms with Crippen LogP contribution in [-0.4, -0.2) is 119 Å². The highest BCUT2D eigenvalue weighted by Gasteiger charge is 2.25. The lowest BCUT2D eigenvalue weighted by Crippen LogP contribution is -2.39. The third-order valence-corrected chi connectivity index (χ3v) is 7.10. The lowest BCUT2D eigenvalue weighted by Gasteiger charge is -2.18. The molecule has 1 aromatic rings. The number of nitrogens with two attached hydrogens (primary N) is 1. The van der Waals surface area contributed by atoms with Crippen molar-refractivity contribution in [3.63, 3.8) is 0 Å². The number of amides is 4. The molecular formula is C30H51BFN7O8. The van der Waals surface area contributed by atoms with Crippen molar-refractivity contribution in [1.82, 2.24) is 31.9 Å². The Kier molecular flexibility index (Phi) is 21.8. The van der Waals surface area contributed by atoms with Crippen LogP contribution < -0.4 is 43.1 Å². The molecule has 0 aliphatic carbocycles. The lowest BCUT2D eigenvalue weighted by molar-refractivity contribution is -0.132. The summed E-state index contributed by atoms with van der Waals surface area (Å²) in [6.45, 7) is 5.71. The van der Waals surface area contributed by atoms with Crippen molar-refractivity contribution in [2.45, 2.75) is 39.0 Å². The number of hydrogen-bond donors (Lipinski definition) is 9. The highest BCUT2D eigenvalue weighted by Crippen LogP contribution is 2.16. The summed E-state index contributed by atoms with van der Waals surface area (Å²) in [5, 5.41) is 35.1. The van der Waals surface area contributed by atoms with E-state index in [1.54, 1.807) is 14.0 Å². The number of hydrogen-bond acceptors (Lipinski definition) is 11. The fourth-order valence-corrected chi connectivity index (χ4v) is 4.39. The van der Waals surface area contributed by atoms with E-state index < -0.39 is 30.7 Å². The van der Waals surface area contributed by atoms with Crippen LogP contribution in [0.1, 0.15) is 49.4 Å². The van der Waals surface area contributed by atoms with Crippen LogP contribution in [0.4, 0.5) is 4.39 Å². The molecule has 0 aliphatic rings. The Morgan fingerprint density at radius 1 is 0.872 bits per heavy atom. The average molecular weight is 668 g/mol. The monoisotopic (exact) mass is 667 g/mol. The number of carbonyl (C=O) groups is 5. The first-order valence-electron chi connectivity index (χ1n) is 15.9. The molecule has 10 N–H and O–H groups in total. The zero-order valence-electron chi connectivity index (χ0n) is 27.4. The smallest absolute Gasteiger partial charge is 0.423 e. The molecule has 0 bridgehead atoms. The third kappa shape index (κ3) is 18.4. The van der Waals surface area contributed by atoms with Gasteiger partial charge in [-0.15, -0.1) is 0 Å². The maximum absolute atomic E-state index is 14.1. The predicted molar refractivity (Wildman–Crippen MR) is 175 cm³/mol. The molecule has 0 saturated heterocycles. The summed E-state index contributed by atoms with van der Waals surface area (Å²) in [5.74, 6) is -3.94. The summed E-state index contributed by atoms with van der Waals surface area (Å²) in [4.78, 5) is 62.6. The number of nitrogens with one attached hydrogen (secondary N) is 6. The van der Waals surface area contributed by atoms with Crippen molar-refractivity contribution in [3.05, 3.63) is 29.6 Å². The van der Waals surface area contributed by atoms with Crippen LogP contribution in [-0.2, 0) is 23.9 Å². The Morgan fingerprint density at radius 3 is 2.09 bits per heavy atom. The maximum Gasteiger partial charge on any atom is 0.488 e. The highest BCUT2D eigenvalue weighted by atomic mass is 19.1. The number of ether oxygens (including phenoxy) is 1. The molecule has 0 saturated carbocycles. The van der Waals surface area contributed by atoms with E-state index in [9.17, 15) is 28.4 Å². The Labute approximate surface area is 275 Å². The first-order valence-corrected chi connectivity index (χ1v) is 15.9. The normalized spacial score (nSPS) is 12.1. The van der Waals surface area contributed by atoms with Gasteiger partial charge in [0.15, 0.2) is 0 Å². The van der Waals surface area contributed by atoms with Crippen molar-refractivity contribution < 1.29 is 43.1 Å². The SMILES string of the molecule is COCCCNC(=O)C(CCC(=O)C(C)CC(=O)NCCNCCN)CC(=O)NCCNCCNC(=O)c1ccc(B(O)O)cc1F. The van der Waals surface area contributed by atoms with Gasteiger partial charge in [0.05, 0.1) is 5.56 Å². The molecule has 0 spiro atoms. The van der Waals surface area contributed by atoms with Crippen molar-refractivity contribution >= 4 is 42.0 Å². The number of Topliss-reactive ketones (excluding diaryl/α,β-unsaturated/α-hetero) is 1. The van der Waals surface area contributed by atoms with E-state index in [0.29, 0.717) is 58.8 Å². The molecule has 2 atom stereocenters. The molecule has 0 aliphatic heterocycles. The number of halogens is 1. The largest absolute Gasteiger partial charge is 0.488 e. The molecule has 264 valence electrons. The van der Waals surface area contributed by atoms with Crippen LogP contribution in [0.5, 0.6) is 0 Å². The highest BCUT2D eigenvalue weighted by molar-refractivity contribution is 6.58. The first-order chi connectivity index (χ1) is 22.5. The number of ketones is 1. The summed E-state index contributed by atoms with van der Waals surface area (Å²) in [5.41, 5.74) is 5.10. The minimum absolute atomic E-state index is 0.0282. The van der Waals surface area contributed by atoms with Gasteiger partial charge in [-0.3, -0.25) is 24.0 Å². The molecule has 0 aromatic heterocycles. The number of methoxy groups -OCH3 is 1. The summed E-state index contributed by atoms with van der Waals surface area (Å²) in [6.07, 6.45) is 0.692. The van der Waals surface area contributed by atoms with Gasteiger partial charge < -0.3 is 52.4 Å². The fourth-order valence-electron chi connectivity index (χ4n) is 4.39. The molecule has 2 unspecified atom stereocenters. The van der Waals surface area contributed by atoms with Crippen LogP contribution in [0.25, 0.3) is 0 Å². The average Bonchev–Trinajstić information content (AvgIpc) is 3.03. The summed E-state index contributed by atoms with van der Waals surface area (Å²) >= 11 is 0. The molecule has 0 heterocycles. The van der Waals surface area contributed by atoms with Crippen LogP contribution in [0, 0.1) is 17.7 Å². The lowest BCUT2D eigenvalue weighted by atomic mass is 9.80. The van der Waals surface area contributed by atoms with Crippen LogP contribution in [0.2, 0.25) is 0 Å². The Bertz CT molecular complexity index is 1130. The van der Waals surface area contributed by atoms with Gasteiger partial charge in [-0.05, 0) is 30.4 Å². The van der Waals surface area contributed by atoms with Crippen LogP contribution >= 0.6 is 0 Å². The van der Waals surface area contributed by atoms with Gasteiger partial charge in [0.2, 0.25) is 17.7 Å². The predicted octanol–water partition coefficient (Wildman–Crippen LogP) is -2.86. The van der Waals surface area contributed by atoms with Crippen LogP contribution in [0.15, 0.2) is 18.2 Å². The molecule has 0 fully saturated rings. The minimum Gasteiger partial charge on any atom is -0.423 e. The summed E-state index contributed by atoms with van der Waals surface area (Å²) in [6, 6.07) is 3.28. The number of carbonyl (C=O) groups excluding carboxylic acids is 5. The maximum atomic E-state index is 14.1. The fraction of sp³-hybridized carbons (Fsp3) is 0.633. The first kappa shape index (κ1) is 41.5. The van der Waals surface area contributed by atoms with Crippen molar-refractivity contribution in [2.75, 3.05) is 72.6 Å². The molecule has 15 nitrogen and oxygen atoms in total. The number of benzene rings is 1. The second kappa shape index (κ2) is 24.7. The van der Waals surface area contributed by atoms with Gasteiger partial charge >= 0.3 is 7.12 Å². The summed E-state index contributed by atoms with van der Waals surface area (Å²) < 4.78 is 19.1. The molecule has 1 rings (SSSR count). The molecular weight excluding hydrogens is 616 g/mol. The second-order valence-electron chi connectivity index (χ2n) is 11.0. The Hall–Kier alpha value is -3.48.